The first-order chi connectivity index (χ1) is 8.67. The van der Waals surface area contributed by atoms with E-state index in [1.165, 1.54) is 18.3 Å². The molecule has 2 rings (SSSR count). The summed E-state index contributed by atoms with van der Waals surface area (Å²) in [5.74, 6) is -1.94. The van der Waals surface area contributed by atoms with Gasteiger partial charge in [-0.05, 0) is 30.0 Å². The van der Waals surface area contributed by atoms with E-state index in [0.717, 1.165) is 0 Å². The second-order valence-corrected chi connectivity index (χ2v) is 3.68. The van der Waals surface area contributed by atoms with Crippen LogP contribution in [0.25, 0.3) is 11.1 Å². The molecule has 18 heavy (non-hydrogen) atoms. The first kappa shape index (κ1) is 12.1. The number of nitrogens with one attached hydrogen (secondary N) is 1. The lowest BCUT2D eigenvalue weighted by molar-refractivity contribution is 0.513. The molecule has 1 N–H and O–H groups in total. The third-order valence-corrected chi connectivity index (χ3v) is 2.62. The molecule has 4 heteroatoms. The molecule has 0 radical (unpaired) electrons. The summed E-state index contributed by atoms with van der Waals surface area (Å²) in [6, 6.07) is 9.45. The van der Waals surface area contributed by atoms with Gasteiger partial charge in [0.15, 0.2) is 11.6 Å². The van der Waals surface area contributed by atoms with Crippen LogP contribution in [0, 0.1) is 17.0 Å². The molecule has 0 atom stereocenters. The smallest absolute Gasteiger partial charge is 0.184 e. The molecular formula is C14H10F2N2. The SMILES string of the molecule is C=Nc1ccc(-c2ccc(C=N)cc2)c(F)c1F. The zero-order valence-electron chi connectivity index (χ0n) is 9.45. The second-order valence-electron chi connectivity index (χ2n) is 3.68. The Morgan fingerprint density at radius 2 is 1.67 bits per heavy atom. The molecule has 0 unspecified atom stereocenters. The highest BCUT2D eigenvalue weighted by Crippen LogP contribution is 2.29. The van der Waals surface area contributed by atoms with Crippen LogP contribution >= 0.6 is 0 Å². The molecule has 0 fully saturated rings. The Hall–Kier alpha value is -2.36. The summed E-state index contributed by atoms with van der Waals surface area (Å²) in [7, 11) is 0. The van der Waals surface area contributed by atoms with Gasteiger partial charge in [0.1, 0.15) is 5.69 Å². The van der Waals surface area contributed by atoms with E-state index in [-0.39, 0.29) is 11.3 Å². The van der Waals surface area contributed by atoms with Crippen molar-refractivity contribution in [1.82, 2.24) is 0 Å². The van der Waals surface area contributed by atoms with E-state index in [1.807, 2.05) is 0 Å². The molecule has 0 aliphatic rings. The summed E-state index contributed by atoms with van der Waals surface area (Å²) in [6.45, 7) is 3.18. The Bertz CT molecular complexity index is 604. The Morgan fingerprint density at radius 3 is 2.22 bits per heavy atom. The maximum absolute atomic E-state index is 13.8. The van der Waals surface area contributed by atoms with Crippen LogP contribution in [-0.4, -0.2) is 12.9 Å². The van der Waals surface area contributed by atoms with Crippen molar-refractivity contribution in [1.29, 1.82) is 5.41 Å². The van der Waals surface area contributed by atoms with Crippen LogP contribution in [0.4, 0.5) is 14.5 Å². The lowest BCUT2D eigenvalue weighted by atomic mass is 10.0. The fourth-order valence-electron chi connectivity index (χ4n) is 1.64. The van der Waals surface area contributed by atoms with Gasteiger partial charge in [0.25, 0.3) is 0 Å². The van der Waals surface area contributed by atoms with Crippen molar-refractivity contribution in [3.8, 4) is 11.1 Å². The van der Waals surface area contributed by atoms with Gasteiger partial charge in [0.2, 0.25) is 0 Å². The maximum Gasteiger partial charge on any atom is 0.184 e. The number of benzene rings is 2. The first-order valence-electron chi connectivity index (χ1n) is 5.23. The summed E-state index contributed by atoms with van der Waals surface area (Å²) in [5, 5.41) is 7.07. The van der Waals surface area contributed by atoms with Crippen molar-refractivity contribution >= 4 is 18.6 Å². The number of halogens is 2. The van der Waals surface area contributed by atoms with Gasteiger partial charge in [0.05, 0.1) is 0 Å². The largest absolute Gasteiger partial charge is 0.308 e. The van der Waals surface area contributed by atoms with E-state index < -0.39 is 11.6 Å². The molecule has 2 aromatic rings. The average molecular weight is 244 g/mol. The number of hydrogen-bond donors (Lipinski definition) is 1. The van der Waals surface area contributed by atoms with Gasteiger partial charge >= 0.3 is 0 Å². The zero-order valence-corrected chi connectivity index (χ0v) is 9.45. The van der Waals surface area contributed by atoms with Crippen molar-refractivity contribution in [2.45, 2.75) is 0 Å². The normalized spacial score (nSPS) is 10.1. The summed E-state index contributed by atoms with van der Waals surface area (Å²) in [5.41, 5.74) is 1.31. The molecule has 0 amide bonds. The fourth-order valence-corrected chi connectivity index (χ4v) is 1.64. The lowest BCUT2D eigenvalue weighted by Crippen LogP contribution is -1.90. The van der Waals surface area contributed by atoms with Crippen LogP contribution in [0.2, 0.25) is 0 Å². The molecule has 0 aliphatic heterocycles. The molecular weight excluding hydrogens is 234 g/mol. The van der Waals surface area contributed by atoms with E-state index in [9.17, 15) is 8.78 Å². The Balaban J connectivity index is 2.53. The highest BCUT2D eigenvalue weighted by molar-refractivity contribution is 5.79. The van der Waals surface area contributed by atoms with E-state index in [2.05, 4.69) is 11.7 Å². The molecule has 0 spiro atoms. The third-order valence-electron chi connectivity index (χ3n) is 2.62. The Labute approximate surface area is 103 Å². The molecule has 2 nitrogen and oxygen atoms in total. The van der Waals surface area contributed by atoms with Crippen molar-refractivity contribution < 1.29 is 8.78 Å². The van der Waals surface area contributed by atoms with E-state index in [4.69, 9.17) is 5.41 Å². The molecule has 90 valence electrons. The summed E-state index contributed by atoms with van der Waals surface area (Å²) < 4.78 is 27.4. The highest BCUT2D eigenvalue weighted by atomic mass is 19.2. The van der Waals surface area contributed by atoms with Gasteiger partial charge in [-0.2, -0.15) is 0 Å². The van der Waals surface area contributed by atoms with Gasteiger partial charge < -0.3 is 5.41 Å². The van der Waals surface area contributed by atoms with Crippen LogP contribution in [-0.2, 0) is 0 Å². The summed E-state index contributed by atoms with van der Waals surface area (Å²) in [6.07, 6.45) is 1.19. The number of nitrogens with zero attached hydrogens (tertiary/aromatic N) is 1. The molecule has 2 aromatic carbocycles. The topological polar surface area (TPSA) is 36.2 Å². The highest BCUT2D eigenvalue weighted by Gasteiger charge is 2.13. The Morgan fingerprint density at radius 1 is 1.00 bits per heavy atom. The van der Waals surface area contributed by atoms with Crippen LogP contribution < -0.4 is 0 Å². The number of hydrogen-bond acceptors (Lipinski definition) is 2. The van der Waals surface area contributed by atoms with Crippen molar-refractivity contribution in [2.24, 2.45) is 4.99 Å². The van der Waals surface area contributed by atoms with Crippen molar-refractivity contribution in [3.63, 3.8) is 0 Å². The second kappa shape index (κ2) is 4.87. The van der Waals surface area contributed by atoms with Gasteiger partial charge in [-0.3, -0.25) is 4.99 Å². The summed E-state index contributed by atoms with van der Waals surface area (Å²) in [4.78, 5) is 3.40. The monoisotopic (exact) mass is 244 g/mol. The Kier molecular flexibility index (Phi) is 3.28. The van der Waals surface area contributed by atoms with Gasteiger partial charge in [0, 0.05) is 11.8 Å². The van der Waals surface area contributed by atoms with Crippen LogP contribution in [0.15, 0.2) is 41.4 Å². The van der Waals surface area contributed by atoms with Gasteiger partial charge in [-0.25, -0.2) is 8.78 Å². The van der Waals surface area contributed by atoms with Crippen LogP contribution in [0.1, 0.15) is 5.56 Å². The number of aliphatic imine (C=N–C) groups is 1. The fraction of sp³-hybridized carbons (Fsp3) is 0. The van der Waals surface area contributed by atoms with Crippen LogP contribution in [0.3, 0.4) is 0 Å². The van der Waals surface area contributed by atoms with Crippen molar-refractivity contribution in [3.05, 3.63) is 53.6 Å². The summed E-state index contributed by atoms with van der Waals surface area (Å²) >= 11 is 0. The van der Waals surface area contributed by atoms with E-state index in [1.54, 1.807) is 24.3 Å². The predicted octanol–water partition coefficient (Wildman–Crippen LogP) is 3.96. The quantitative estimate of drug-likeness (QED) is 0.793. The van der Waals surface area contributed by atoms with Crippen LogP contribution in [0.5, 0.6) is 0 Å². The minimum Gasteiger partial charge on any atom is -0.308 e. The van der Waals surface area contributed by atoms with Gasteiger partial charge in [-0.15, -0.1) is 0 Å². The third kappa shape index (κ3) is 2.05. The predicted molar refractivity (Wildman–Crippen MR) is 68.9 cm³/mol. The number of rotatable bonds is 3. The molecule has 0 aromatic heterocycles. The molecule has 0 saturated heterocycles. The van der Waals surface area contributed by atoms with Crippen molar-refractivity contribution in [2.75, 3.05) is 0 Å². The maximum atomic E-state index is 13.8. The molecule has 0 bridgehead atoms. The first-order valence-corrected chi connectivity index (χ1v) is 5.23. The van der Waals surface area contributed by atoms with E-state index in [0.29, 0.717) is 11.1 Å². The minimum absolute atomic E-state index is 0.104. The standard InChI is InChI=1S/C14H10F2N2/c1-18-12-7-6-11(13(15)14(12)16)10-4-2-9(8-17)3-5-10/h2-8,17H,1H2. The minimum atomic E-state index is -1.00. The van der Waals surface area contributed by atoms with Gasteiger partial charge in [-0.1, -0.05) is 24.3 Å². The molecule has 0 saturated carbocycles. The zero-order chi connectivity index (χ0) is 13.1. The van der Waals surface area contributed by atoms with E-state index >= 15 is 0 Å². The molecule has 0 heterocycles. The average Bonchev–Trinajstić information content (AvgIpc) is 2.42. The molecule has 0 aliphatic carbocycles. The lowest BCUT2D eigenvalue weighted by Gasteiger charge is -2.06.